The average Bonchev–Trinajstić information content (AvgIpc) is 3.37. The van der Waals surface area contributed by atoms with Crippen LogP contribution in [0.4, 0.5) is 5.69 Å². The fourth-order valence-electron chi connectivity index (χ4n) is 3.38. The lowest BCUT2D eigenvalue weighted by molar-refractivity contribution is -0.116. The Morgan fingerprint density at radius 3 is 2.68 bits per heavy atom. The molecule has 0 atom stereocenters. The SMILES string of the molecule is Cc1nc(-c2ccccc2NC(=O)CCCn2cnc3c2c(=O)n(C)c(=O)n3C)no1. The highest BCUT2D eigenvalue weighted by Crippen LogP contribution is 2.25. The summed E-state index contributed by atoms with van der Waals surface area (Å²) in [5.41, 5.74) is 1.06. The molecule has 0 saturated heterocycles. The summed E-state index contributed by atoms with van der Waals surface area (Å²) in [6.07, 6.45) is 2.22. The summed E-state index contributed by atoms with van der Waals surface area (Å²) < 4.78 is 9.07. The van der Waals surface area contributed by atoms with Gasteiger partial charge in [-0.1, -0.05) is 17.3 Å². The zero-order chi connectivity index (χ0) is 22.1. The molecule has 0 aliphatic heterocycles. The second-order valence-electron chi connectivity index (χ2n) is 7.15. The molecule has 0 fully saturated rings. The molecule has 1 N–H and O–H groups in total. The second kappa shape index (κ2) is 8.01. The minimum atomic E-state index is -0.433. The number of nitrogens with one attached hydrogen (secondary N) is 1. The average molecular weight is 423 g/mol. The number of hydrogen-bond donors (Lipinski definition) is 1. The third-order valence-electron chi connectivity index (χ3n) is 4.99. The molecule has 11 nitrogen and oxygen atoms in total. The first-order valence-corrected chi connectivity index (χ1v) is 9.67. The lowest BCUT2D eigenvalue weighted by Gasteiger charge is -2.09. The molecule has 0 bridgehead atoms. The Morgan fingerprint density at radius 2 is 1.94 bits per heavy atom. The highest BCUT2D eigenvalue weighted by Gasteiger charge is 2.15. The van der Waals surface area contributed by atoms with Gasteiger partial charge in [0.2, 0.25) is 17.6 Å². The molecule has 3 aromatic heterocycles. The van der Waals surface area contributed by atoms with E-state index in [0.717, 1.165) is 4.57 Å². The Hall–Kier alpha value is -4.02. The van der Waals surface area contributed by atoms with Crippen molar-refractivity contribution in [3.05, 3.63) is 57.3 Å². The Kier molecular flexibility index (Phi) is 5.24. The van der Waals surface area contributed by atoms with Crippen LogP contribution in [0.15, 0.2) is 44.7 Å². The topological polar surface area (TPSA) is 130 Å². The minimum absolute atomic E-state index is 0.183. The predicted molar refractivity (Wildman–Crippen MR) is 113 cm³/mol. The van der Waals surface area contributed by atoms with Crippen molar-refractivity contribution < 1.29 is 9.32 Å². The van der Waals surface area contributed by atoms with Crippen molar-refractivity contribution in [1.82, 2.24) is 28.8 Å². The van der Waals surface area contributed by atoms with Crippen LogP contribution in [0.5, 0.6) is 0 Å². The molecule has 31 heavy (non-hydrogen) atoms. The van der Waals surface area contributed by atoms with Gasteiger partial charge in [0.1, 0.15) is 0 Å². The van der Waals surface area contributed by atoms with Crippen molar-refractivity contribution in [3.63, 3.8) is 0 Å². The van der Waals surface area contributed by atoms with Crippen LogP contribution in [-0.2, 0) is 25.4 Å². The number of nitrogens with zero attached hydrogens (tertiary/aromatic N) is 6. The van der Waals surface area contributed by atoms with E-state index in [1.807, 2.05) is 12.1 Å². The van der Waals surface area contributed by atoms with Gasteiger partial charge in [-0.25, -0.2) is 9.78 Å². The molecule has 11 heteroatoms. The van der Waals surface area contributed by atoms with Gasteiger partial charge >= 0.3 is 5.69 Å². The Balaban J connectivity index is 1.46. The largest absolute Gasteiger partial charge is 0.339 e. The quantitative estimate of drug-likeness (QED) is 0.493. The molecule has 0 saturated carbocycles. The lowest BCUT2D eigenvalue weighted by atomic mass is 10.1. The van der Waals surface area contributed by atoms with Crippen LogP contribution in [0.3, 0.4) is 0 Å². The van der Waals surface area contributed by atoms with E-state index < -0.39 is 11.2 Å². The molecule has 0 spiro atoms. The smallest absolute Gasteiger partial charge is 0.332 e. The molecule has 160 valence electrons. The number of aromatic nitrogens is 6. The van der Waals surface area contributed by atoms with Gasteiger partial charge in [0.25, 0.3) is 5.56 Å². The van der Waals surface area contributed by atoms with Gasteiger partial charge in [0, 0.05) is 39.5 Å². The number of anilines is 1. The van der Waals surface area contributed by atoms with E-state index in [9.17, 15) is 14.4 Å². The number of carbonyl (C=O) groups excluding carboxylic acids is 1. The van der Waals surface area contributed by atoms with E-state index in [-0.39, 0.29) is 12.3 Å². The van der Waals surface area contributed by atoms with Crippen molar-refractivity contribution in [2.75, 3.05) is 5.32 Å². The maximum absolute atomic E-state index is 12.5. The van der Waals surface area contributed by atoms with Crippen LogP contribution in [0.2, 0.25) is 0 Å². The van der Waals surface area contributed by atoms with E-state index in [1.165, 1.54) is 17.9 Å². The van der Waals surface area contributed by atoms with Crippen LogP contribution >= 0.6 is 0 Å². The van der Waals surface area contributed by atoms with E-state index in [1.54, 1.807) is 30.7 Å². The van der Waals surface area contributed by atoms with Crippen molar-refractivity contribution >= 4 is 22.8 Å². The highest BCUT2D eigenvalue weighted by molar-refractivity contribution is 5.94. The second-order valence-corrected chi connectivity index (χ2v) is 7.15. The van der Waals surface area contributed by atoms with E-state index in [4.69, 9.17) is 4.52 Å². The fraction of sp³-hybridized carbons (Fsp3) is 0.300. The van der Waals surface area contributed by atoms with Crippen LogP contribution in [0.1, 0.15) is 18.7 Å². The standard InChI is InChI=1S/C20H21N7O4/c1-12-22-17(24-31-12)13-7-4-5-8-14(13)23-15(28)9-6-10-27-11-21-18-16(27)19(29)26(3)20(30)25(18)2/h4-5,7-8,11H,6,9-10H2,1-3H3,(H,23,28). The maximum Gasteiger partial charge on any atom is 0.332 e. The van der Waals surface area contributed by atoms with E-state index >= 15 is 0 Å². The van der Waals surface area contributed by atoms with Gasteiger partial charge in [-0.2, -0.15) is 4.98 Å². The summed E-state index contributed by atoms with van der Waals surface area (Å²) in [5.74, 6) is 0.657. The summed E-state index contributed by atoms with van der Waals surface area (Å²) in [6.45, 7) is 2.10. The van der Waals surface area contributed by atoms with Gasteiger partial charge in [0.05, 0.1) is 12.0 Å². The van der Waals surface area contributed by atoms with Gasteiger partial charge in [-0.05, 0) is 18.6 Å². The zero-order valence-electron chi connectivity index (χ0n) is 17.3. The number of para-hydroxylation sites is 1. The summed E-state index contributed by atoms with van der Waals surface area (Å²) in [5, 5.41) is 6.78. The first kappa shape index (κ1) is 20.3. The van der Waals surface area contributed by atoms with Crippen molar-refractivity contribution in [3.8, 4) is 11.4 Å². The Morgan fingerprint density at radius 1 is 1.16 bits per heavy atom. The fourth-order valence-corrected chi connectivity index (χ4v) is 3.38. The number of fused-ring (bicyclic) bond motifs is 1. The van der Waals surface area contributed by atoms with Crippen LogP contribution in [0.25, 0.3) is 22.6 Å². The summed E-state index contributed by atoms with van der Waals surface area (Å²) in [7, 11) is 3.00. The molecule has 1 aromatic carbocycles. The van der Waals surface area contributed by atoms with Crippen molar-refractivity contribution in [1.29, 1.82) is 0 Å². The van der Waals surface area contributed by atoms with Crippen LogP contribution < -0.4 is 16.6 Å². The Labute approximate surface area is 175 Å². The summed E-state index contributed by atoms with van der Waals surface area (Å²) in [6, 6.07) is 7.21. The molecule has 0 unspecified atom stereocenters. The van der Waals surface area contributed by atoms with Crippen LogP contribution in [0, 0.1) is 6.92 Å². The third-order valence-corrected chi connectivity index (χ3v) is 4.99. The molecule has 0 aliphatic carbocycles. The number of benzene rings is 1. The van der Waals surface area contributed by atoms with Gasteiger partial charge in [0.15, 0.2) is 11.2 Å². The molecule has 4 rings (SSSR count). The Bertz CT molecular complexity index is 1390. The molecule has 1 amide bonds. The molecular weight excluding hydrogens is 402 g/mol. The monoisotopic (exact) mass is 423 g/mol. The predicted octanol–water partition coefficient (Wildman–Crippen LogP) is 1.21. The first-order valence-electron chi connectivity index (χ1n) is 9.67. The van der Waals surface area contributed by atoms with Gasteiger partial charge in [-0.3, -0.25) is 18.7 Å². The molecule has 4 aromatic rings. The molecule has 3 heterocycles. The number of amides is 1. The summed E-state index contributed by atoms with van der Waals surface area (Å²) >= 11 is 0. The van der Waals surface area contributed by atoms with E-state index in [2.05, 4.69) is 20.4 Å². The van der Waals surface area contributed by atoms with Crippen molar-refractivity contribution in [2.24, 2.45) is 14.1 Å². The van der Waals surface area contributed by atoms with E-state index in [0.29, 0.717) is 47.1 Å². The lowest BCUT2D eigenvalue weighted by Crippen LogP contribution is -2.37. The van der Waals surface area contributed by atoms with Crippen molar-refractivity contribution in [2.45, 2.75) is 26.3 Å². The minimum Gasteiger partial charge on any atom is -0.339 e. The maximum atomic E-state index is 12.5. The highest BCUT2D eigenvalue weighted by atomic mass is 16.5. The number of carbonyl (C=O) groups is 1. The number of imidazole rings is 1. The van der Waals surface area contributed by atoms with Gasteiger partial charge in [-0.15, -0.1) is 0 Å². The number of rotatable bonds is 6. The third kappa shape index (κ3) is 3.77. The molecule has 0 radical (unpaired) electrons. The number of hydrogen-bond acceptors (Lipinski definition) is 7. The first-order chi connectivity index (χ1) is 14.9. The molecule has 0 aliphatic rings. The number of aryl methyl sites for hydroxylation is 3. The normalized spacial score (nSPS) is 11.2. The zero-order valence-corrected chi connectivity index (χ0v) is 17.3. The van der Waals surface area contributed by atoms with Gasteiger partial charge < -0.3 is 14.4 Å². The van der Waals surface area contributed by atoms with Crippen LogP contribution in [-0.4, -0.2) is 34.7 Å². The molecular formula is C20H21N7O4. The summed E-state index contributed by atoms with van der Waals surface area (Å²) in [4.78, 5) is 45.4.